The zero-order valence-electron chi connectivity index (χ0n) is 10.4. The van der Waals surface area contributed by atoms with E-state index in [9.17, 15) is 18.0 Å². The highest BCUT2D eigenvalue weighted by Gasteiger charge is 2.31. The predicted molar refractivity (Wildman–Crippen MR) is 68.0 cm³/mol. The smallest absolute Gasteiger partial charge is 0.353 e. The van der Waals surface area contributed by atoms with Crippen molar-refractivity contribution in [2.75, 3.05) is 0 Å². The van der Waals surface area contributed by atoms with E-state index >= 15 is 0 Å². The second-order valence-corrected chi connectivity index (χ2v) is 4.74. The first kappa shape index (κ1) is 15.8. The van der Waals surface area contributed by atoms with Gasteiger partial charge in [-0.1, -0.05) is 30.7 Å². The molecule has 0 fully saturated rings. The van der Waals surface area contributed by atoms with Gasteiger partial charge in [0.05, 0.1) is 12.8 Å². The van der Waals surface area contributed by atoms with E-state index in [1.807, 2.05) is 0 Å². The van der Waals surface area contributed by atoms with Crippen molar-refractivity contribution in [2.45, 2.75) is 38.4 Å². The third kappa shape index (κ3) is 6.47. The molecule has 1 N–H and O–H groups in total. The van der Waals surface area contributed by atoms with E-state index in [0.29, 0.717) is 10.6 Å². The summed E-state index contributed by atoms with van der Waals surface area (Å²) < 4.78 is 36.8. The molecule has 0 bridgehead atoms. The Morgan fingerprint density at radius 2 is 2.11 bits per heavy atom. The van der Waals surface area contributed by atoms with Crippen molar-refractivity contribution in [3.8, 4) is 0 Å². The molecule has 0 aliphatic rings. The van der Waals surface area contributed by atoms with Crippen molar-refractivity contribution in [2.24, 2.45) is 0 Å². The van der Waals surface area contributed by atoms with Crippen molar-refractivity contribution in [3.63, 3.8) is 0 Å². The molecule has 1 atom stereocenters. The fourth-order valence-corrected chi connectivity index (χ4v) is 1.90. The van der Waals surface area contributed by atoms with Gasteiger partial charge in [-0.25, -0.2) is 0 Å². The van der Waals surface area contributed by atoms with Crippen LogP contribution in [0.15, 0.2) is 24.3 Å². The van der Waals surface area contributed by atoms with Gasteiger partial charge in [-0.2, -0.15) is 13.2 Å². The number of benzene rings is 1. The highest BCUT2D eigenvalue weighted by molar-refractivity contribution is 6.30. The molecule has 0 heterocycles. The average molecular weight is 294 g/mol. The van der Waals surface area contributed by atoms with E-state index in [0.717, 1.165) is 0 Å². The van der Waals surface area contributed by atoms with Gasteiger partial charge in [0.15, 0.2) is 0 Å². The van der Waals surface area contributed by atoms with Crippen molar-refractivity contribution in [1.82, 2.24) is 5.32 Å². The average Bonchev–Trinajstić information content (AvgIpc) is 2.26. The fourth-order valence-electron chi connectivity index (χ4n) is 1.69. The first-order chi connectivity index (χ1) is 8.80. The van der Waals surface area contributed by atoms with Gasteiger partial charge in [-0.15, -0.1) is 0 Å². The van der Waals surface area contributed by atoms with Crippen LogP contribution < -0.4 is 5.32 Å². The lowest BCUT2D eigenvalue weighted by atomic mass is 10.1. The van der Waals surface area contributed by atoms with Crippen molar-refractivity contribution >= 4 is 17.5 Å². The Hall–Kier alpha value is -1.23. The van der Waals surface area contributed by atoms with Crippen LogP contribution in [-0.4, -0.2) is 18.1 Å². The highest BCUT2D eigenvalue weighted by atomic mass is 35.5. The molecule has 0 aliphatic carbocycles. The van der Waals surface area contributed by atoms with Crippen LogP contribution in [0.1, 0.15) is 25.3 Å². The Morgan fingerprint density at radius 3 is 2.63 bits per heavy atom. The molecule has 0 aromatic heterocycles. The second kappa shape index (κ2) is 6.80. The normalized spacial score (nSPS) is 13.1. The molecule has 2 nitrogen and oxygen atoms in total. The lowest BCUT2D eigenvalue weighted by molar-refractivity contribution is -0.142. The van der Waals surface area contributed by atoms with Crippen LogP contribution in [0.25, 0.3) is 0 Å². The minimum absolute atomic E-state index is 0.0227. The second-order valence-electron chi connectivity index (χ2n) is 4.30. The molecule has 0 unspecified atom stereocenters. The maximum atomic E-state index is 12.3. The SMILES string of the molecule is CC[C@H](CC(F)(F)F)NC(=O)Cc1cccc(Cl)c1. The molecular formula is C13H15ClF3NO. The summed E-state index contributed by atoms with van der Waals surface area (Å²) in [6, 6.07) is 5.80. The van der Waals surface area contributed by atoms with Crippen molar-refractivity contribution < 1.29 is 18.0 Å². The summed E-state index contributed by atoms with van der Waals surface area (Å²) in [6.45, 7) is 1.61. The summed E-state index contributed by atoms with van der Waals surface area (Å²) in [6.07, 6.45) is -5.02. The standard InChI is InChI=1S/C13H15ClF3NO/c1-2-11(8-13(15,16)17)18-12(19)7-9-4-3-5-10(14)6-9/h3-6,11H,2,7-8H2,1H3,(H,18,19)/t11-/m1/s1. The molecule has 0 spiro atoms. The molecule has 19 heavy (non-hydrogen) atoms. The molecule has 1 aromatic rings. The largest absolute Gasteiger partial charge is 0.391 e. The van der Waals surface area contributed by atoms with Crippen LogP contribution in [0.2, 0.25) is 5.02 Å². The van der Waals surface area contributed by atoms with E-state index in [1.165, 1.54) is 0 Å². The number of halogens is 4. The molecular weight excluding hydrogens is 279 g/mol. The van der Waals surface area contributed by atoms with E-state index in [2.05, 4.69) is 5.32 Å². The number of rotatable bonds is 5. The van der Waals surface area contributed by atoms with Crippen LogP contribution >= 0.6 is 11.6 Å². The van der Waals surface area contributed by atoms with Gasteiger partial charge >= 0.3 is 6.18 Å². The van der Waals surface area contributed by atoms with E-state index in [-0.39, 0.29) is 12.8 Å². The topological polar surface area (TPSA) is 29.1 Å². The van der Waals surface area contributed by atoms with Crippen LogP contribution in [0.4, 0.5) is 13.2 Å². The van der Waals surface area contributed by atoms with Crippen LogP contribution in [0.3, 0.4) is 0 Å². The number of hydrogen-bond acceptors (Lipinski definition) is 1. The molecule has 0 saturated heterocycles. The maximum Gasteiger partial charge on any atom is 0.391 e. The maximum absolute atomic E-state index is 12.3. The van der Waals surface area contributed by atoms with Crippen LogP contribution in [0, 0.1) is 0 Å². The van der Waals surface area contributed by atoms with Gasteiger partial charge in [0.2, 0.25) is 5.91 Å². The lowest BCUT2D eigenvalue weighted by Crippen LogP contribution is -2.38. The first-order valence-electron chi connectivity index (χ1n) is 5.90. The number of carbonyl (C=O) groups excluding carboxylic acids is 1. The third-order valence-corrected chi connectivity index (χ3v) is 2.82. The summed E-state index contributed by atoms with van der Waals surface area (Å²) in [5, 5.41) is 2.88. The number of hydrogen-bond donors (Lipinski definition) is 1. The predicted octanol–water partition coefficient (Wildman–Crippen LogP) is 3.73. The Bertz CT molecular complexity index is 434. The molecule has 0 radical (unpaired) electrons. The molecule has 1 rings (SSSR count). The first-order valence-corrected chi connectivity index (χ1v) is 6.28. The lowest BCUT2D eigenvalue weighted by Gasteiger charge is -2.18. The zero-order chi connectivity index (χ0) is 14.5. The quantitative estimate of drug-likeness (QED) is 0.880. The van der Waals surface area contributed by atoms with Gasteiger partial charge in [-0.3, -0.25) is 4.79 Å². The number of alkyl halides is 3. The number of amides is 1. The summed E-state index contributed by atoms with van der Waals surface area (Å²) in [5.74, 6) is -0.432. The summed E-state index contributed by atoms with van der Waals surface area (Å²) in [7, 11) is 0. The Labute approximate surface area is 114 Å². The Balaban J connectivity index is 2.54. The fraction of sp³-hybridized carbons (Fsp3) is 0.462. The molecule has 1 amide bonds. The van der Waals surface area contributed by atoms with Gasteiger partial charge in [0.1, 0.15) is 0 Å². The third-order valence-electron chi connectivity index (χ3n) is 2.59. The van der Waals surface area contributed by atoms with Crippen LogP contribution in [-0.2, 0) is 11.2 Å². The molecule has 6 heteroatoms. The number of nitrogens with one attached hydrogen (secondary N) is 1. The summed E-state index contributed by atoms with van der Waals surface area (Å²) in [5.41, 5.74) is 0.673. The van der Waals surface area contributed by atoms with Crippen molar-refractivity contribution in [3.05, 3.63) is 34.9 Å². The van der Waals surface area contributed by atoms with E-state index in [1.54, 1.807) is 31.2 Å². The molecule has 106 valence electrons. The van der Waals surface area contributed by atoms with Gasteiger partial charge in [0, 0.05) is 11.1 Å². The highest BCUT2D eigenvalue weighted by Crippen LogP contribution is 2.22. The van der Waals surface area contributed by atoms with Gasteiger partial charge in [0.25, 0.3) is 0 Å². The monoisotopic (exact) mass is 293 g/mol. The molecule has 0 saturated carbocycles. The Morgan fingerprint density at radius 1 is 1.42 bits per heavy atom. The minimum Gasteiger partial charge on any atom is -0.353 e. The number of carbonyl (C=O) groups is 1. The van der Waals surface area contributed by atoms with E-state index < -0.39 is 24.5 Å². The zero-order valence-corrected chi connectivity index (χ0v) is 11.2. The van der Waals surface area contributed by atoms with Gasteiger partial charge < -0.3 is 5.32 Å². The summed E-state index contributed by atoms with van der Waals surface area (Å²) in [4.78, 5) is 11.7. The molecule has 1 aromatic carbocycles. The van der Waals surface area contributed by atoms with Crippen molar-refractivity contribution in [1.29, 1.82) is 0 Å². The molecule has 0 aliphatic heterocycles. The van der Waals surface area contributed by atoms with Gasteiger partial charge in [-0.05, 0) is 24.1 Å². The van der Waals surface area contributed by atoms with E-state index in [4.69, 9.17) is 11.6 Å². The summed E-state index contributed by atoms with van der Waals surface area (Å²) >= 11 is 5.77. The Kier molecular flexibility index (Phi) is 5.66. The van der Waals surface area contributed by atoms with Crippen LogP contribution in [0.5, 0.6) is 0 Å². The minimum atomic E-state index is -4.27.